The molecule has 6 rings (SSSR count). The molecule has 1 aromatic heterocycles. The molecule has 4 unspecified atom stereocenters. The number of piperidine rings is 1. The Morgan fingerprint density at radius 2 is 2.15 bits per heavy atom. The Kier molecular flexibility index (Phi) is 3.39. The SMILES string of the molecule is CCC1=CC2CN3CCc4c(n(C)c5ccccc45)C(C(=O)OC)(C2)C13. The number of aryl methyl sites for hydroxylation is 1. The zero-order valence-electron chi connectivity index (χ0n) is 15.8. The molecule has 2 aromatic rings. The predicted octanol–water partition coefficient (Wildman–Crippen LogP) is 3.19. The molecule has 4 heterocycles. The van der Waals surface area contributed by atoms with E-state index in [0.29, 0.717) is 5.92 Å². The number of hydrogen-bond donors (Lipinski definition) is 0. The molecule has 26 heavy (non-hydrogen) atoms. The molecule has 1 saturated heterocycles. The number of nitrogens with zero attached hydrogens (tertiary/aromatic N) is 2. The summed E-state index contributed by atoms with van der Waals surface area (Å²) in [4.78, 5) is 16.0. The average Bonchev–Trinajstić information content (AvgIpc) is 2.91. The Labute approximate surface area is 154 Å². The van der Waals surface area contributed by atoms with E-state index >= 15 is 0 Å². The van der Waals surface area contributed by atoms with Crippen LogP contribution in [0.4, 0.5) is 0 Å². The predicted molar refractivity (Wildman–Crippen MR) is 102 cm³/mol. The first kappa shape index (κ1) is 16.1. The molecule has 0 spiro atoms. The van der Waals surface area contributed by atoms with Crippen LogP contribution in [-0.4, -0.2) is 41.7 Å². The Balaban J connectivity index is 1.88. The highest BCUT2D eigenvalue weighted by Crippen LogP contribution is 2.53. The van der Waals surface area contributed by atoms with Gasteiger partial charge in [-0.05, 0) is 36.8 Å². The first-order valence-corrected chi connectivity index (χ1v) is 9.71. The molecule has 0 radical (unpaired) electrons. The number of benzene rings is 1. The van der Waals surface area contributed by atoms with Gasteiger partial charge in [0.05, 0.1) is 13.2 Å². The fourth-order valence-corrected chi connectivity index (χ4v) is 6.14. The van der Waals surface area contributed by atoms with E-state index in [9.17, 15) is 4.79 Å². The van der Waals surface area contributed by atoms with Gasteiger partial charge in [-0.15, -0.1) is 0 Å². The maximum absolute atomic E-state index is 13.4. The minimum atomic E-state index is -0.586. The zero-order chi connectivity index (χ0) is 18.1. The summed E-state index contributed by atoms with van der Waals surface area (Å²) in [6, 6.07) is 8.70. The third kappa shape index (κ3) is 1.81. The molecule has 0 saturated carbocycles. The van der Waals surface area contributed by atoms with E-state index in [-0.39, 0.29) is 12.0 Å². The second kappa shape index (κ2) is 5.46. The molecule has 1 aliphatic carbocycles. The average molecular weight is 350 g/mol. The van der Waals surface area contributed by atoms with Crippen molar-refractivity contribution < 1.29 is 9.53 Å². The number of carbonyl (C=O) groups is 1. The van der Waals surface area contributed by atoms with Gasteiger partial charge in [0, 0.05) is 36.7 Å². The van der Waals surface area contributed by atoms with Crippen molar-refractivity contribution in [1.29, 1.82) is 0 Å². The summed E-state index contributed by atoms with van der Waals surface area (Å²) in [6.45, 7) is 4.30. The summed E-state index contributed by atoms with van der Waals surface area (Å²) in [5.74, 6) is 0.364. The third-order valence-corrected chi connectivity index (χ3v) is 6.93. The van der Waals surface area contributed by atoms with Crippen LogP contribution in [0.15, 0.2) is 35.9 Å². The molecule has 1 aromatic carbocycles. The van der Waals surface area contributed by atoms with Crippen LogP contribution in [0.3, 0.4) is 0 Å². The number of ether oxygens (including phenoxy) is 1. The van der Waals surface area contributed by atoms with Crippen LogP contribution in [-0.2, 0) is 28.4 Å². The number of hydrogen-bond acceptors (Lipinski definition) is 3. The minimum Gasteiger partial charge on any atom is -0.468 e. The van der Waals surface area contributed by atoms with Crippen molar-refractivity contribution in [3.8, 4) is 0 Å². The fraction of sp³-hybridized carbons (Fsp3) is 0.500. The van der Waals surface area contributed by atoms with Gasteiger partial charge >= 0.3 is 5.97 Å². The second-order valence-electron chi connectivity index (χ2n) is 8.07. The van der Waals surface area contributed by atoms with Crippen molar-refractivity contribution >= 4 is 16.9 Å². The molecule has 0 N–H and O–H groups in total. The van der Waals surface area contributed by atoms with Crippen LogP contribution >= 0.6 is 0 Å². The highest BCUT2D eigenvalue weighted by atomic mass is 16.5. The van der Waals surface area contributed by atoms with E-state index in [4.69, 9.17) is 4.74 Å². The van der Waals surface area contributed by atoms with E-state index in [0.717, 1.165) is 32.4 Å². The van der Waals surface area contributed by atoms with Crippen LogP contribution in [0.25, 0.3) is 10.9 Å². The van der Waals surface area contributed by atoms with Crippen molar-refractivity contribution in [2.45, 2.75) is 37.6 Å². The van der Waals surface area contributed by atoms with Gasteiger partial charge in [0.1, 0.15) is 5.41 Å². The van der Waals surface area contributed by atoms with Gasteiger partial charge in [0.25, 0.3) is 0 Å². The molecule has 4 heteroatoms. The maximum atomic E-state index is 13.4. The zero-order valence-corrected chi connectivity index (χ0v) is 15.8. The van der Waals surface area contributed by atoms with Crippen molar-refractivity contribution in [3.05, 3.63) is 47.2 Å². The molecule has 4 bridgehead atoms. The highest BCUT2D eigenvalue weighted by Gasteiger charge is 2.60. The number of carbonyl (C=O) groups excluding carboxylic acids is 1. The van der Waals surface area contributed by atoms with Gasteiger partial charge in [0.15, 0.2) is 0 Å². The van der Waals surface area contributed by atoms with Gasteiger partial charge in [-0.2, -0.15) is 0 Å². The first-order valence-electron chi connectivity index (χ1n) is 9.71. The van der Waals surface area contributed by atoms with Gasteiger partial charge in [-0.25, -0.2) is 0 Å². The summed E-state index contributed by atoms with van der Waals surface area (Å²) in [6.07, 6.45) is 5.29. The van der Waals surface area contributed by atoms with Crippen molar-refractivity contribution in [1.82, 2.24) is 9.47 Å². The Bertz CT molecular complexity index is 941. The van der Waals surface area contributed by atoms with Crippen molar-refractivity contribution in [2.24, 2.45) is 13.0 Å². The Morgan fingerprint density at radius 1 is 1.35 bits per heavy atom. The van der Waals surface area contributed by atoms with Crippen LogP contribution in [0.5, 0.6) is 0 Å². The maximum Gasteiger partial charge on any atom is 0.319 e. The van der Waals surface area contributed by atoms with Gasteiger partial charge in [-0.3, -0.25) is 9.69 Å². The number of aromatic nitrogens is 1. The lowest BCUT2D eigenvalue weighted by Gasteiger charge is -2.54. The van der Waals surface area contributed by atoms with Gasteiger partial charge in [-0.1, -0.05) is 36.8 Å². The minimum absolute atomic E-state index is 0.0645. The lowest BCUT2D eigenvalue weighted by atomic mass is 9.60. The molecular formula is C22H26N2O2. The molecule has 4 nitrogen and oxygen atoms in total. The normalized spacial score (nSPS) is 32.1. The number of esters is 1. The summed E-state index contributed by atoms with van der Waals surface area (Å²) >= 11 is 0. The number of para-hydroxylation sites is 1. The van der Waals surface area contributed by atoms with Crippen molar-refractivity contribution in [3.63, 3.8) is 0 Å². The smallest absolute Gasteiger partial charge is 0.319 e. The lowest BCUT2D eigenvalue weighted by molar-refractivity contribution is -0.154. The largest absolute Gasteiger partial charge is 0.468 e. The van der Waals surface area contributed by atoms with Gasteiger partial charge < -0.3 is 9.30 Å². The Hall–Kier alpha value is -2.07. The second-order valence-corrected chi connectivity index (χ2v) is 8.07. The van der Waals surface area contributed by atoms with Crippen LogP contribution in [0.2, 0.25) is 0 Å². The molecule has 0 amide bonds. The lowest BCUT2D eigenvalue weighted by Crippen LogP contribution is -2.64. The van der Waals surface area contributed by atoms with E-state index < -0.39 is 5.41 Å². The van der Waals surface area contributed by atoms with E-state index in [1.165, 1.54) is 27.7 Å². The van der Waals surface area contributed by atoms with E-state index in [1.54, 1.807) is 7.11 Å². The van der Waals surface area contributed by atoms with Gasteiger partial charge in [0.2, 0.25) is 0 Å². The number of rotatable bonds is 2. The molecule has 4 atom stereocenters. The molecule has 136 valence electrons. The highest BCUT2D eigenvalue weighted by molar-refractivity contribution is 5.92. The summed E-state index contributed by atoms with van der Waals surface area (Å²) in [5.41, 5.74) is 4.59. The fourth-order valence-electron chi connectivity index (χ4n) is 6.14. The summed E-state index contributed by atoms with van der Waals surface area (Å²) in [7, 11) is 3.67. The summed E-state index contributed by atoms with van der Waals surface area (Å²) in [5, 5.41) is 1.29. The molecular weight excluding hydrogens is 324 g/mol. The molecule has 4 aliphatic rings. The first-order chi connectivity index (χ1) is 12.6. The van der Waals surface area contributed by atoms with E-state index in [2.05, 4.69) is 53.8 Å². The number of fused-ring (bicyclic) bond motifs is 3. The number of methoxy groups -OCH3 is 1. The summed E-state index contributed by atoms with van der Waals surface area (Å²) < 4.78 is 7.75. The third-order valence-electron chi connectivity index (χ3n) is 6.93. The molecule has 3 aliphatic heterocycles. The monoisotopic (exact) mass is 350 g/mol. The standard InChI is InChI=1S/C22H26N2O2/c1-4-15-11-14-12-22(21(25)26-3)19(15)24(13-14)10-9-17-16-7-5-6-8-18(16)23(2)20(17)22/h5-8,11,14,19H,4,9-10,12-13H2,1-3H3. The van der Waals surface area contributed by atoms with Crippen LogP contribution in [0, 0.1) is 5.92 Å². The molecule has 1 fully saturated rings. The van der Waals surface area contributed by atoms with Crippen molar-refractivity contribution in [2.75, 3.05) is 20.2 Å². The topological polar surface area (TPSA) is 34.5 Å². The quantitative estimate of drug-likeness (QED) is 0.616. The van der Waals surface area contributed by atoms with Crippen LogP contribution in [0.1, 0.15) is 31.0 Å². The van der Waals surface area contributed by atoms with Crippen LogP contribution < -0.4 is 0 Å². The Morgan fingerprint density at radius 3 is 2.92 bits per heavy atom. The van der Waals surface area contributed by atoms with E-state index in [1.807, 2.05) is 0 Å².